The SMILES string of the molecule is CCN(CC)CCOc1ccc(Nc2nccc(-c3ccccn3)n2)cc1. The van der Waals surface area contributed by atoms with Crippen LogP contribution in [0, 0.1) is 0 Å². The van der Waals surface area contributed by atoms with Gasteiger partial charge in [0.1, 0.15) is 12.4 Å². The van der Waals surface area contributed by atoms with E-state index in [4.69, 9.17) is 4.74 Å². The normalized spacial score (nSPS) is 10.8. The summed E-state index contributed by atoms with van der Waals surface area (Å²) in [5, 5.41) is 3.22. The first-order valence-electron chi connectivity index (χ1n) is 9.25. The number of nitrogens with one attached hydrogen (secondary N) is 1. The van der Waals surface area contributed by atoms with Gasteiger partial charge in [0.25, 0.3) is 0 Å². The van der Waals surface area contributed by atoms with Crippen molar-refractivity contribution in [2.45, 2.75) is 13.8 Å². The summed E-state index contributed by atoms with van der Waals surface area (Å²) < 4.78 is 5.81. The fraction of sp³-hybridized carbons (Fsp3) is 0.286. The first kappa shape index (κ1) is 18.8. The molecule has 140 valence electrons. The summed E-state index contributed by atoms with van der Waals surface area (Å²) in [6.07, 6.45) is 3.48. The van der Waals surface area contributed by atoms with Crippen LogP contribution in [0.3, 0.4) is 0 Å². The summed E-state index contributed by atoms with van der Waals surface area (Å²) >= 11 is 0. The number of benzene rings is 1. The highest BCUT2D eigenvalue weighted by Gasteiger charge is 2.04. The molecule has 6 nitrogen and oxygen atoms in total. The number of ether oxygens (including phenoxy) is 1. The molecular formula is C21H25N5O. The van der Waals surface area contributed by atoms with E-state index in [0.29, 0.717) is 12.6 Å². The zero-order valence-electron chi connectivity index (χ0n) is 15.8. The molecule has 0 aliphatic carbocycles. The van der Waals surface area contributed by atoms with E-state index in [1.54, 1.807) is 12.4 Å². The Kier molecular flexibility index (Phi) is 6.71. The minimum absolute atomic E-state index is 0.536. The first-order valence-corrected chi connectivity index (χ1v) is 9.25. The lowest BCUT2D eigenvalue weighted by Crippen LogP contribution is -2.27. The van der Waals surface area contributed by atoms with Crippen LogP contribution in [-0.4, -0.2) is 46.1 Å². The molecule has 0 amide bonds. The lowest BCUT2D eigenvalue weighted by Gasteiger charge is -2.18. The topological polar surface area (TPSA) is 63.2 Å². The molecule has 6 heteroatoms. The second-order valence-electron chi connectivity index (χ2n) is 6.01. The van der Waals surface area contributed by atoms with E-state index in [-0.39, 0.29) is 0 Å². The van der Waals surface area contributed by atoms with Crippen molar-refractivity contribution in [3.05, 3.63) is 60.9 Å². The Morgan fingerprint density at radius 1 is 0.889 bits per heavy atom. The molecule has 0 spiro atoms. The Hall–Kier alpha value is -2.99. The molecule has 0 saturated carbocycles. The van der Waals surface area contributed by atoms with E-state index in [2.05, 4.69) is 39.0 Å². The van der Waals surface area contributed by atoms with Crippen LogP contribution >= 0.6 is 0 Å². The van der Waals surface area contributed by atoms with Gasteiger partial charge in [0.2, 0.25) is 5.95 Å². The van der Waals surface area contributed by atoms with Gasteiger partial charge in [-0.25, -0.2) is 9.97 Å². The maximum atomic E-state index is 5.81. The van der Waals surface area contributed by atoms with E-state index in [1.807, 2.05) is 48.5 Å². The van der Waals surface area contributed by atoms with Crippen LogP contribution in [0.25, 0.3) is 11.4 Å². The third-order valence-corrected chi connectivity index (χ3v) is 4.26. The van der Waals surface area contributed by atoms with Crippen LogP contribution in [0.1, 0.15) is 13.8 Å². The lowest BCUT2D eigenvalue weighted by atomic mass is 10.2. The molecule has 0 unspecified atom stereocenters. The Labute approximate surface area is 160 Å². The quantitative estimate of drug-likeness (QED) is 0.620. The molecule has 0 radical (unpaired) electrons. The van der Waals surface area contributed by atoms with Crippen LogP contribution in [0.4, 0.5) is 11.6 Å². The summed E-state index contributed by atoms with van der Waals surface area (Å²) in [6.45, 7) is 8.02. The minimum atomic E-state index is 0.536. The smallest absolute Gasteiger partial charge is 0.227 e. The number of rotatable bonds is 9. The van der Waals surface area contributed by atoms with Crippen LogP contribution in [0.5, 0.6) is 5.75 Å². The second-order valence-corrected chi connectivity index (χ2v) is 6.01. The van der Waals surface area contributed by atoms with Crippen molar-refractivity contribution in [2.24, 2.45) is 0 Å². The highest BCUT2D eigenvalue weighted by molar-refractivity contribution is 5.59. The Morgan fingerprint density at radius 3 is 2.41 bits per heavy atom. The highest BCUT2D eigenvalue weighted by atomic mass is 16.5. The molecule has 1 aromatic carbocycles. The largest absolute Gasteiger partial charge is 0.492 e. The highest BCUT2D eigenvalue weighted by Crippen LogP contribution is 2.20. The molecule has 3 aromatic rings. The third-order valence-electron chi connectivity index (χ3n) is 4.26. The van der Waals surface area contributed by atoms with Gasteiger partial charge < -0.3 is 15.0 Å². The van der Waals surface area contributed by atoms with Crippen molar-refractivity contribution in [1.82, 2.24) is 19.9 Å². The molecule has 1 N–H and O–H groups in total. The predicted molar refractivity (Wildman–Crippen MR) is 108 cm³/mol. The van der Waals surface area contributed by atoms with Gasteiger partial charge in [0.15, 0.2) is 0 Å². The van der Waals surface area contributed by atoms with Gasteiger partial charge in [-0.1, -0.05) is 19.9 Å². The summed E-state index contributed by atoms with van der Waals surface area (Å²) in [6, 6.07) is 15.4. The van der Waals surface area contributed by atoms with Crippen LogP contribution in [0.2, 0.25) is 0 Å². The number of anilines is 2. The zero-order valence-corrected chi connectivity index (χ0v) is 15.8. The van der Waals surface area contributed by atoms with Gasteiger partial charge in [-0.3, -0.25) is 4.98 Å². The van der Waals surface area contributed by atoms with E-state index < -0.39 is 0 Å². The van der Waals surface area contributed by atoms with Crippen molar-refractivity contribution in [3.8, 4) is 17.1 Å². The Balaban J connectivity index is 1.58. The number of nitrogens with zero attached hydrogens (tertiary/aromatic N) is 4. The number of aromatic nitrogens is 3. The number of likely N-dealkylation sites (N-methyl/N-ethyl adjacent to an activating group) is 1. The average molecular weight is 363 g/mol. The number of hydrogen-bond donors (Lipinski definition) is 1. The molecule has 0 aliphatic rings. The molecule has 3 rings (SSSR count). The zero-order chi connectivity index (χ0) is 18.9. The summed E-state index contributed by atoms with van der Waals surface area (Å²) in [5.74, 6) is 1.39. The van der Waals surface area contributed by atoms with E-state index in [1.165, 1.54) is 0 Å². The second kappa shape index (κ2) is 9.64. The van der Waals surface area contributed by atoms with Crippen LogP contribution in [-0.2, 0) is 0 Å². The maximum Gasteiger partial charge on any atom is 0.227 e. The first-order chi connectivity index (χ1) is 13.3. The Bertz CT molecular complexity index is 819. The van der Waals surface area contributed by atoms with Crippen LogP contribution in [0.15, 0.2) is 60.9 Å². The van der Waals surface area contributed by atoms with E-state index >= 15 is 0 Å². The number of pyridine rings is 1. The summed E-state index contributed by atoms with van der Waals surface area (Å²) in [4.78, 5) is 15.5. The Morgan fingerprint density at radius 2 is 1.70 bits per heavy atom. The molecule has 2 heterocycles. The molecule has 0 fully saturated rings. The summed E-state index contributed by atoms with van der Waals surface area (Å²) in [5.41, 5.74) is 2.51. The fourth-order valence-electron chi connectivity index (χ4n) is 2.67. The molecular weight excluding hydrogens is 338 g/mol. The monoisotopic (exact) mass is 363 g/mol. The van der Waals surface area contributed by atoms with Gasteiger partial charge in [0, 0.05) is 24.6 Å². The van der Waals surface area contributed by atoms with Gasteiger partial charge in [-0.05, 0) is 55.6 Å². The van der Waals surface area contributed by atoms with Crippen LogP contribution < -0.4 is 10.1 Å². The standard InChI is InChI=1S/C21H25N5O/c1-3-26(4-2)15-16-27-18-10-8-17(9-11-18)24-21-23-14-12-20(25-21)19-7-5-6-13-22-19/h5-14H,3-4,15-16H2,1-2H3,(H,23,24,25). The predicted octanol–water partition coefficient (Wildman–Crippen LogP) is 4.00. The van der Waals surface area contributed by atoms with E-state index in [9.17, 15) is 0 Å². The maximum absolute atomic E-state index is 5.81. The molecule has 2 aromatic heterocycles. The van der Waals surface area contributed by atoms with Gasteiger partial charge in [-0.2, -0.15) is 0 Å². The van der Waals surface area contributed by atoms with Crippen molar-refractivity contribution in [1.29, 1.82) is 0 Å². The lowest BCUT2D eigenvalue weighted by molar-refractivity contribution is 0.223. The third kappa shape index (κ3) is 5.49. The van der Waals surface area contributed by atoms with Gasteiger partial charge in [0.05, 0.1) is 11.4 Å². The minimum Gasteiger partial charge on any atom is -0.492 e. The van der Waals surface area contributed by atoms with Crippen molar-refractivity contribution >= 4 is 11.6 Å². The molecule has 0 atom stereocenters. The molecule has 0 aliphatic heterocycles. The van der Waals surface area contributed by atoms with Gasteiger partial charge >= 0.3 is 0 Å². The fourth-order valence-corrected chi connectivity index (χ4v) is 2.67. The van der Waals surface area contributed by atoms with Crippen molar-refractivity contribution in [2.75, 3.05) is 31.6 Å². The molecule has 0 saturated heterocycles. The molecule has 0 bridgehead atoms. The van der Waals surface area contributed by atoms with Gasteiger partial charge in [-0.15, -0.1) is 0 Å². The summed E-state index contributed by atoms with van der Waals surface area (Å²) in [7, 11) is 0. The molecule has 27 heavy (non-hydrogen) atoms. The van der Waals surface area contributed by atoms with E-state index in [0.717, 1.165) is 42.5 Å². The van der Waals surface area contributed by atoms with Crippen molar-refractivity contribution < 1.29 is 4.74 Å². The number of hydrogen-bond acceptors (Lipinski definition) is 6. The van der Waals surface area contributed by atoms with Crippen molar-refractivity contribution in [3.63, 3.8) is 0 Å². The average Bonchev–Trinajstić information content (AvgIpc) is 2.73.